The van der Waals surface area contributed by atoms with Crippen LogP contribution in [0.2, 0.25) is 5.02 Å². The molecule has 0 saturated heterocycles. The van der Waals surface area contributed by atoms with Crippen molar-refractivity contribution in [1.29, 1.82) is 0 Å². The van der Waals surface area contributed by atoms with E-state index in [0.29, 0.717) is 30.5 Å². The van der Waals surface area contributed by atoms with Gasteiger partial charge >= 0.3 is 6.03 Å². The van der Waals surface area contributed by atoms with Crippen LogP contribution in [0.15, 0.2) is 48.5 Å². The van der Waals surface area contributed by atoms with E-state index in [4.69, 9.17) is 21.1 Å². The molecular weight excluding hydrogens is 328 g/mol. The Kier molecular flexibility index (Phi) is 6.90. The number of nitrogens with zero attached hydrogens (tertiary/aromatic N) is 1. The summed E-state index contributed by atoms with van der Waals surface area (Å²) >= 11 is 6.12. The number of nitrogens with one attached hydrogen (secondary N) is 1. The minimum absolute atomic E-state index is 0.206. The Bertz CT molecular complexity index is 662. The van der Waals surface area contributed by atoms with Gasteiger partial charge in [-0.1, -0.05) is 29.8 Å². The van der Waals surface area contributed by atoms with E-state index in [2.05, 4.69) is 5.32 Å². The Labute approximate surface area is 147 Å². The minimum atomic E-state index is -0.206. The molecule has 0 aliphatic carbocycles. The molecule has 0 aliphatic rings. The molecule has 0 atom stereocenters. The van der Waals surface area contributed by atoms with Crippen molar-refractivity contribution in [3.05, 3.63) is 59.1 Å². The van der Waals surface area contributed by atoms with Gasteiger partial charge in [0.05, 0.1) is 6.61 Å². The summed E-state index contributed by atoms with van der Waals surface area (Å²) in [6.45, 7) is 1.46. The lowest BCUT2D eigenvalue weighted by molar-refractivity contribution is 0.146. The van der Waals surface area contributed by atoms with Crippen LogP contribution in [0.3, 0.4) is 0 Å². The topological polar surface area (TPSA) is 50.8 Å². The fourth-order valence-electron chi connectivity index (χ4n) is 2.05. The van der Waals surface area contributed by atoms with Crippen molar-refractivity contribution in [1.82, 2.24) is 4.90 Å². The summed E-state index contributed by atoms with van der Waals surface area (Å²) in [5, 5.41) is 3.49. The maximum absolute atomic E-state index is 12.2. The Hall–Kier alpha value is -2.24. The van der Waals surface area contributed by atoms with Gasteiger partial charge in [0.15, 0.2) is 0 Å². The summed E-state index contributed by atoms with van der Waals surface area (Å²) in [6.07, 6.45) is 0. The van der Waals surface area contributed by atoms with E-state index < -0.39 is 0 Å². The first-order valence-corrected chi connectivity index (χ1v) is 7.95. The molecule has 0 spiro atoms. The van der Waals surface area contributed by atoms with Crippen molar-refractivity contribution >= 4 is 23.3 Å². The number of carbonyl (C=O) groups is 1. The van der Waals surface area contributed by atoms with Gasteiger partial charge in [0.2, 0.25) is 0 Å². The van der Waals surface area contributed by atoms with E-state index in [9.17, 15) is 4.79 Å². The lowest BCUT2D eigenvalue weighted by Crippen LogP contribution is -2.30. The summed E-state index contributed by atoms with van der Waals surface area (Å²) in [7, 11) is 3.35. The molecule has 2 aromatic carbocycles. The summed E-state index contributed by atoms with van der Waals surface area (Å²) in [5.74, 6) is 0.731. The Morgan fingerprint density at radius 3 is 2.50 bits per heavy atom. The van der Waals surface area contributed by atoms with Crippen LogP contribution in [-0.2, 0) is 11.3 Å². The molecule has 5 nitrogen and oxygen atoms in total. The summed E-state index contributed by atoms with van der Waals surface area (Å²) in [6, 6.07) is 14.5. The number of anilines is 1. The van der Waals surface area contributed by atoms with E-state index >= 15 is 0 Å². The average molecular weight is 349 g/mol. The van der Waals surface area contributed by atoms with E-state index in [0.717, 1.165) is 11.3 Å². The largest absolute Gasteiger partial charge is 0.491 e. The van der Waals surface area contributed by atoms with E-state index in [-0.39, 0.29) is 6.03 Å². The molecule has 2 aromatic rings. The Morgan fingerprint density at radius 1 is 1.12 bits per heavy atom. The first-order chi connectivity index (χ1) is 11.6. The normalized spacial score (nSPS) is 10.3. The molecule has 0 bridgehead atoms. The highest BCUT2D eigenvalue weighted by atomic mass is 35.5. The first-order valence-electron chi connectivity index (χ1n) is 7.57. The SMILES string of the molecule is COCCOc1ccc(NC(=O)N(C)Cc2ccccc2Cl)cc1. The predicted molar refractivity (Wildman–Crippen MR) is 95.8 cm³/mol. The zero-order chi connectivity index (χ0) is 17.4. The van der Waals surface area contributed by atoms with Crippen molar-refractivity contribution < 1.29 is 14.3 Å². The highest BCUT2D eigenvalue weighted by Gasteiger charge is 2.11. The molecule has 0 heterocycles. The number of carbonyl (C=O) groups excluding carboxylic acids is 1. The lowest BCUT2D eigenvalue weighted by Gasteiger charge is -2.19. The zero-order valence-electron chi connectivity index (χ0n) is 13.8. The Morgan fingerprint density at radius 2 is 1.83 bits per heavy atom. The monoisotopic (exact) mass is 348 g/mol. The molecule has 6 heteroatoms. The number of urea groups is 1. The molecule has 2 rings (SSSR count). The summed E-state index contributed by atoms with van der Waals surface area (Å²) in [4.78, 5) is 13.8. The minimum Gasteiger partial charge on any atom is -0.491 e. The van der Waals surface area contributed by atoms with Gasteiger partial charge in [0, 0.05) is 31.4 Å². The van der Waals surface area contributed by atoms with Crippen molar-refractivity contribution in [3.63, 3.8) is 0 Å². The fourth-order valence-corrected chi connectivity index (χ4v) is 2.25. The lowest BCUT2D eigenvalue weighted by atomic mass is 10.2. The third-order valence-corrected chi connectivity index (χ3v) is 3.74. The Balaban J connectivity index is 1.88. The number of hydrogen-bond donors (Lipinski definition) is 1. The predicted octanol–water partition coefficient (Wildman–Crippen LogP) is 4.03. The molecule has 128 valence electrons. The second-order valence-electron chi connectivity index (χ2n) is 5.24. The smallest absolute Gasteiger partial charge is 0.321 e. The van der Waals surface area contributed by atoms with Crippen LogP contribution in [0.25, 0.3) is 0 Å². The average Bonchev–Trinajstić information content (AvgIpc) is 2.58. The molecule has 0 unspecified atom stereocenters. The number of methoxy groups -OCH3 is 1. The maximum atomic E-state index is 12.2. The van der Waals surface area contributed by atoms with Crippen LogP contribution in [0, 0.1) is 0 Å². The third-order valence-electron chi connectivity index (χ3n) is 3.37. The van der Waals surface area contributed by atoms with E-state index in [1.54, 1.807) is 43.3 Å². The van der Waals surface area contributed by atoms with Crippen molar-refractivity contribution in [3.8, 4) is 5.75 Å². The maximum Gasteiger partial charge on any atom is 0.321 e. The van der Waals surface area contributed by atoms with Gasteiger partial charge in [0.1, 0.15) is 12.4 Å². The number of halogens is 1. The second kappa shape index (κ2) is 9.15. The van der Waals surface area contributed by atoms with Gasteiger partial charge in [0.25, 0.3) is 0 Å². The number of hydrogen-bond acceptors (Lipinski definition) is 3. The van der Waals surface area contributed by atoms with Crippen LogP contribution in [0.4, 0.5) is 10.5 Å². The van der Waals surface area contributed by atoms with Crippen molar-refractivity contribution in [2.45, 2.75) is 6.54 Å². The molecule has 2 amide bonds. The molecule has 0 saturated carbocycles. The van der Waals surface area contributed by atoms with E-state index in [1.807, 2.05) is 24.3 Å². The van der Waals surface area contributed by atoms with Crippen molar-refractivity contribution in [2.75, 3.05) is 32.7 Å². The van der Waals surface area contributed by atoms with Crippen molar-refractivity contribution in [2.24, 2.45) is 0 Å². The summed E-state index contributed by atoms with van der Waals surface area (Å²) < 4.78 is 10.4. The molecule has 0 radical (unpaired) electrons. The van der Waals surface area contributed by atoms with Gasteiger partial charge in [-0.2, -0.15) is 0 Å². The molecular formula is C18H21ClN2O3. The van der Waals surface area contributed by atoms with Gasteiger partial charge in [-0.3, -0.25) is 0 Å². The van der Waals surface area contributed by atoms with Gasteiger partial charge in [-0.15, -0.1) is 0 Å². The number of amides is 2. The highest BCUT2D eigenvalue weighted by Crippen LogP contribution is 2.18. The molecule has 24 heavy (non-hydrogen) atoms. The number of ether oxygens (including phenoxy) is 2. The van der Waals surface area contributed by atoms with Crippen LogP contribution >= 0.6 is 11.6 Å². The quantitative estimate of drug-likeness (QED) is 0.768. The van der Waals surface area contributed by atoms with Crippen LogP contribution < -0.4 is 10.1 Å². The van der Waals surface area contributed by atoms with Gasteiger partial charge < -0.3 is 19.7 Å². The van der Waals surface area contributed by atoms with Gasteiger partial charge in [-0.25, -0.2) is 4.79 Å². The van der Waals surface area contributed by atoms with E-state index in [1.165, 1.54) is 0 Å². The third kappa shape index (κ3) is 5.44. The number of rotatable bonds is 7. The second-order valence-corrected chi connectivity index (χ2v) is 5.65. The van der Waals surface area contributed by atoms with Gasteiger partial charge in [-0.05, 0) is 35.9 Å². The molecule has 0 fully saturated rings. The van der Waals surface area contributed by atoms with Crippen LogP contribution in [-0.4, -0.2) is 38.3 Å². The highest BCUT2D eigenvalue weighted by molar-refractivity contribution is 6.31. The molecule has 1 N–H and O–H groups in total. The van der Waals surface area contributed by atoms with Crippen LogP contribution in [0.5, 0.6) is 5.75 Å². The standard InChI is InChI=1S/C18H21ClN2O3/c1-21(13-14-5-3-4-6-17(14)19)18(22)20-15-7-9-16(10-8-15)24-12-11-23-2/h3-10H,11-13H2,1-2H3,(H,20,22). The first kappa shape index (κ1) is 18.1. The molecule has 0 aromatic heterocycles. The van der Waals surface area contributed by atoms with Crippen LogP contribution in [0.1, 0.15) is 5.56 Å². The summed E-state index contributed by atoms with van der Waals surface area (Å²) in [5.41, 5.74) is 1.60. The molecule has 0 aliphatic heterocycles. The fraction of sp³-hybridized carbons (Fsp3) is 0.278. The number of benzene rings is 2. The zero-order valence-corrected chi connectivity index (χ0v) is 14.5.